The zero-order valence-corrected chi connectivity index (χ0v) is 19.4. The van der Waals surface area contributed by atoms with Crippen LogP contribution in [0.25, 0.3) is 10.9 Å². The van der Waals surface area contributed by atoms with Crippen LogP contribution < -0.4 is 5.73 Å². The van der Waals surface area contributed by atoms with Crippen LogP contribution in [-0.2, 0) is 33.5 Å². The second kappa shape index (κ2) is 10.3. The number of benzene rings is 2. The van der Waals surface area contributed by atoms with Crippen molar-refractivity contribution in [3.8, 4) is 0 Å². The third kappa shape index (κ3) is 5.32. The van der Waals surface area contributed by atoms with Crippen LogP contribution in [0.15, 0.2) is 48.5 Å². The molecule has 0 atom stereocenters. The number of hydrogen-bond donors (Lipinski definition) is 1. The Bertz CT molecular complexity index is 1130. The van der Waals surface area contributed by atoms with Crippen LogP contribution in [0.1, 0.15) is 35.7 Å². The highest BCUT2D eigenvalue weighted by atomic mass is 19.1. The smallest absolute Gasteiger partial charge is 0.223 e. The Labute approximate surface area is 199 Å². The number of halogens is 1. The van der Waals surface area contributed by atoms with Crippen LogP contribution in [0.5, 0.6) is 0 Å². The minimum atomic E-state index is -0.311. The van der Waals surface area contributed by atoms with Gasteiger partial charge in [0.2, 0.25) is 5.91 Å². The van der Waals surface area contributed by atoms with E-state index in [1.165, 1.54) is 17.7 Å². The Balaban J connectivity index is 1.30. The summed E-state index contributed by atoms with van der Waals surface area (Å²) >= 11 is 0. The van der Waals surface area contributed by atoms with Crippen molar-refractivity contribution in [3.63, 3.8) is 0 Å². The Kier molecular flexibility index (Phi) is 6.94. The SMILES string of the molecule is NC(=O)Cc1cc2ccc(CC3OCCO3)cc2n1C1CCN(CCc2ccc(F)cc2)CC1. The zero-order chi connectivity index (χ0) is 23.5. The first-order chi connectivity index (χ1) is 16.5. The van der Waals surface area contributed by atoms with Crippen LogP contribution in [0.4, 0.5) is 4.39 Å². The Morgan fingerprint density at radius 3 is 2.41 bits per heavy atom. The molecule has 0 spiro atoms. The minimum absolute atomic E-state index is 0.185. The number of carbonyl (C=O) groups excluding carboxylic acids is 1. The van der Waals surface area contributed by atoms with Crippen molar-refractivity contribution in [2.45, 2.75) is 44.4 Å². The molecule has 0 aliphatic carbocycles. The van der Waals surface area contributed by atoms with Crippen molar-refractivity contribution in [2.24, 2.45) is 5.73 Å². The number of primary amides is 1. The summed E-state index contributed by atoms with van der Waals surface area (Å²) in [5.41, 5.74) is 10.1. The van der Waals surface area contributed by atoms with Gasteiger partial charge in [0, 0.05) is 43.3 Å². The Hall–Kier alpha value is -2.74. The Morgan fingerprint density at radius 2 is 1.71 bits per heavy atom. The van der Waals surface area contributed by atoms with Gasteiger partial charge < -0.3 is 24.7 Å². The molecule has 0 radical (unpaired) electrons. The van der Waals surface area contributed by atoms with E-state index in [1.54, 1.807) is 0 Å². The van der Waals surface area contributed by atoms with Crippen molar-refractivity contribution in [3.05, 3.63) is 71.2 Å². The Morgan fingerprint density at radius 1 is 1.00 bits per heavy atom. The highest BCUT2D eigenvalue weighted by Gasteiger charge is 2.25. The molecule has 1 aromatic heterocycles. The molecule has 0 saturated carbocycles. The van der Waals surface area contributed by atoms with Crippen molar-refractivity contribution in [1.82, 2.24) is 9.47 Å². The number of likely N-dealkylation sites (tertiary alicyclic amines) is 1. The maximum absolute atomic E-state index is 13.2. The topological polar surface area (TPSA) is 69.7 Å². The van der Waals surface area contributed by atoms with E-state index >= 15 is 0 Å². The molecule has 2 fully saturated rings. The molecule has 2 saturated heterocycles. The lowest BCUT2D eigenvalue weighted by Gasteiger charge is -2.34. The van der Waals surface area contributed by atoms with Gasteiger partial charge in [-0.25, -0.2) is 4.39 Å². The maximum Gasteiger partial charge on any atom is 0.223 e. The van der Waals surface area contributed by atoms with Crippen molar-refractivity contribution in [1.29, 1.82) is 0 Å². The monoisotopic (exact) mass is 465 g/mol. The zero-order valence-electron chi connectivity index (χ0n) is 19.4. The van der Waals surface area contributed by atoms with E-state index in [2.05, 4.69) is 33.7 Å². The molecule has 2 aliphatic heterocycles. The van der Waals surface area contributed by atoms with E-state index in [4.69, 9.17) is 15.2 Å². The molecule has 3 aromatic rings. The third-order valence-electron chi connectivity index (χ3n) is 6.99. The number of nitrogens with zero attached hydrogens (tertiary/aromatic N) is 2. The predicted molar refractivity (Wildman–Crippen MR) is 129 cm³/mol. The van der Waals surface area contributed by atoms with E-state index < -0.39 is 0 Å². The van der Waals surface area contributed by atoms with Crippen LogP contribution in [-0.4, -0.2) is 54.5 Å². The summed E-state index contributed by atoms with van der Waals surface area (Å²) in [5.74, 6) is -0.504. The molecular weight excluding hydrogens is 433 g/mol. The summed E-state index contributed by atoms with van der Waals surface area (Å²) in [6.07, 6.45) is 3.71. The molecule has 180 valence electrons. The second-order valence-corrected chi connectivity index (χ2v) is 9.37. The summed E-state index contributed by atoms with van der Waals surface area (Å²) in [6, 6.07) is 15.7. The fourth-order valence-corrected chi connectivity index (χ4v) is 5.25. The standard InChI is InChI=1S/C27H32FN3O3/c28-22-5-2-19(3-6-22)7-10-30-11-8-23(9-12-30)31-24(18-26(29)32)17-21-4-1-20(15-25(21)31)16-27-33-13-14-34-27/h1-6,15,17,23,27H,7-14,16,18H2,(H2,29,32). The van der Waals surface area contributed by atoms with Gasteiger partial charge in [0.1, 0.15) is 5.82 Å². The summed E-state index contributed by atoms with van der Waals surface area (Å²) < 4.78 is 26.8. The quantitative estimate of drug-likeness (QED) is 0.552. The molecule has 2 aromatic carbocycles. The van der Waals surface area contributed by atoms with Crippen LogP contribution in [0.2, 0.25) is 0 Å². The summed E-state index contributed by atoms with van der Waals surface area (Å²) in [5, 5.41) is 1.13. The lowest BCUT2D eigenvalue weighted by molar-refractivity contribution is -0.117. The molecule has 0 bridgehead atoms. The number of amides is 1. The lowest BCUT2D eigenvalue weighted by atomic mass is 10.0. The molecule has 7 heteroatoms. The van der Waals surface area contributed by atoms with Crippen LogP contribution >= 0.6 is 0 Å². The summed E-state index contributed by atoms with van der Waals surface area (Å²) in [4.78, 5) is 14.3. The molecule has 2 N–H and O–H groups in total. The van der Waals surface area contributed by atoms with Gasteiger partial charge in [-0.05, 0) is 60.0 Å². The van der Waals surface area contributed by atoms with E-state index in [-0.39, 0.29) is 24.4 Å². The van der Waals surface area contributed by atoms with E-state index in [9.17, 15) is 9.18 Å². The maximum atomic E-state index is 13.2. The third-order valence-corrected chi connectivity index (χ3v) is 6.99. The number of carbonyl (C=O) groups is 1. The molecular formula is C27H32FN3O3. The number of piperidine rings is 1. The lowest BCUT2D eigenvalue weighted by Crippen LogP contribution is -2.36. The van der Waals surface area contributed by atoms with Gasteiger partial charge in [0.15, 0.2) is 6.29 Å². The largest absolute Gasteiger partial charge is 0.369 e. The van der Waals surface area contributed by atoms with Gasteiger partial charge >= 0.3 is 0 Å². The van der Waals surface area contributed by atoms with Gasteiger partial charge in [0.25, 0.3) is 0 Å². The van der Waals surface area contributed by atoms with Gasteiger partial charge in [-0.3, -0.25) is 4.79 Å². The molecule has 34 heavy (non-hydrogen) atoms. The molecule has 0 unspecified atom stereocenters. The van der Waals surface area contributed by atoms with Gasteiger partial charge in [0.05, 0.1) is 19.6 Å². The van der Waals surface area contributed by atoms with E-state index in [0.29, 0.717) is 25.7 Å². The normalized spacial score (nSPS) is 18.1. The first-order valence-electron chi connectivity index (χ1n) is 12.2. The highest BCUT2D eigenvalue weighted by molar-refractivity contribution is 5.85. The highest BCUT2D eigenvalue weighted by Crippen LogP contribution is 2.32. The fraction of sp³-hybridized carbons (Fsp3) is 0.444. The number of nitrogens with two attached hydrogens (primary N) is 1. The van der Waals surface area contributed by atoms with Gasteiger partial charge in [-0.15, -0.1) is 0 Å². The average Bonchev–Trinajstić information content (AvgIpc) is 3.46. The summed E-state index contributed by atoms with van der Waals surface area (Å²) in [6.45, 7) is 4.23. The first kappa shape index (κ1) is 23.0. The number of ether oxygens (including phenoxy) is 2. The second-order valence-electron chi connectivity index (χ2n) is 9.37. The first-order valence-corrected chi connectivity index (χ1v) is 12.2. The van der Waals surface area contributed by atoms with Crippen LogP contribution in [0, 0.1) is 5.82 Å². The van der Waals surface area contributed by atoms with Gasteiger partial charge in [-0.1, -0.05) is 24.3 Å². The number of fused-ring (bicyclic) bond motifs is 1. The number of rotatable bonds is 8. The fourth-order valence-electron chi connectivity index (χ4n) is 5.25. The summed E-state index contributed by atoms with van der Waals surface area (Å²) in [7, 11) is 0. The van der Waals surface area contributed by atoms with Gasteiger partial charge in [-0.2, -0.15) is 0 Å². The van der Waals surface area contributed by atoms with Crippen molar-refractivity contribution < 1.29 is 18.7 Å². The molecule has 3 heterocycles. The van der Waals surface area contributed by atoms with E-state index in [0.717, 1.165) is 61.1 Å². The predicted octanol–water partition coefficient (Wildman–Crippen LogP) is 3.60. The number of aromatic nitrogens is 1. The molecule has 5 rings (SSSR count). The average molecular weight is 466 g/mol. The molecule has 2 aliphatic rings. The molecule has 1 amide bonds. The minimum Gasteiger partial charge on any atom is -0.369 e. The van der Waals surface area contributed by atoms with Crippen molar-refractivity contribution in [2.75, 3.05) is 32.8 Å². The number of hydrogen-bond acceptors (Lipinski definition) is 4. The molecule has 6 nitrogen and oxygen atoms in total. The van der Waals surface area contributed by atoms with Crippen LogP contribution in [0.3, 0.4) is 0 Å². The van der Waals surface area contributed by atoms with Crippen molar-refractivity contribution >= 4 is 16.8 Å². The van der Waals surface area contributed by atoms with E-state index in [1.807, 2.05) is 12.1 Å².